The molecule has 2 aromatic heterocycles. The van der Waals surface area contributed by atoms with Crippen LogP contribution in [0.4, 0.5) is 0 Å². The summed E-state index contributed by atoms with van der Waals surface area (Å²) in [5.74, 6) is 0.911. The van der Waals surface area contributed by atoms with Crippen LogP contribution in [-0.4, -0.2) is 27.0 Å². The van der Waals surface area contributed by atoms with Crippen LogP contribution in [-0.2, 0) is 13.5 Å². The second-order valence-electron chi connectivity index (χ2n) is 4.74. The van der Waals surface area contributed by atoms with Crippen molar-refractivity contribution in [2.75, 3.05) is 6.54 Å². The first-order chi connectivity index (χ1) is 9.74. The molecule has 0 bridgehead atoms. The van der Waals surface area contributed by atoms with E-state index >= 15 is 0 Å². The lowest BCUT2D eigenvalue weighted by atomic mass is 10.1. The molecule has 0 saturated heterocycles. The topological polar surface area (TPSA) is 62.7 Å². The molecular formula is C15H16N4O. The first-order valence-corrected chi connectivity index (χ1v) is 6.55. The van der Waals surface area contributed by atoms with E-state index in [2.05, 4.69) is 15.3 Å². The molecule has 2 N–H and O–H groups in total. The number of aromatic amines is 1. The second-order valence-corrected chi connectivity index (χ2v) is 4.74. The number of rotatable bonds is 4. The number of carbonyl (C=O) groups excluding carboxylic acids is 1. The average molecular weight is 268 g/mol. The number of fused-ring (bicyclic) bond motifs is 1. The number of carbonyl (C=O) groups is 1. The average Bonchev–Trinajstić information content (AvgIpc) is 3.07. The van der Waals surface area contributed by atoms with Gasteiger partial charge in [0.1, 0.15) is 5.82 Å². The van der Waals surface area contributed by atoms with Gasteiger partial charge in [0, 0.05) is 55.1 Å². The molecule has 0 aliphatic heterocycles. The molecule has 3 aromatic rings. The molecule has 2 heterocycles. The zero-order chi connectivity index (χ0) is 13.9. The van der Waals surface area contributed by atoms with Crippen molar-refractivity contribution >= 4 is 16.8 Å². The molecule has 0 saturated carbocycles. The third-order valence-electron chi connectivity index (χ3n) is 3.37. The summed E-state index contributed by atoms with van der Waals surface area (Å²) in [5, 5.41) is 3.96. The van der Waals surface area contributed by atoms with Crippen molar-refractivity contribution in [2.45, 2.75) is 6.42 Å². The summed E-state index contributed by atoms with van der Waals surface area (Å²) in [6, 6.07) is 7.60. The molecular weight excluding hydrogens is 252 g/mol. The van der Waals surface area contributed by atoms with Crippen LogP contribution in [0.5, 0.6) is 0 Å². The predicted molar refractivity (Wildman–Crippen MR) is 77.5 cm³/mol. The fourth-order valence-electron chi connectivity index (χ4n) is 2.22. The van der Waals surface area contributed by atoms with Gasteiger partial charge < -0.3 is 14.9 Å². The Hall–Kier alpha value is -2.56. The number of aromatic nitrogens is 3. The summed E-state index contributed by atoms with van der Waals surface area (Å²) < 4.78 is 1.96. The van der Waals surface area contributed by atoms with Gasteiger partial charge >= 0.3 is 0 Å². The molecule has 0 fully saturated rings. The zero-order valence-electron chi connectivity index (χ0n) is 11.3. The Morgan fingerprint density at radius 3 is 3.10 bits per heavy atom. The Balaban J connectivity index is 1.62. The SMILES string of the molecule is Cn1ccnc1CCNC(=O)c1ccc2[nH]ccc2c1. The molecule has 3 rings (SSSR count). The van der Waals surface area contributed by atoms with Gasteiger partial charge in [0.15, 0.2) is 0 Å². The molecule has 1 aromatic carbocycles. The Bertz CT molecular complexity index is 741. The van der Waals surface area contributed by atoms with Gasteiger partial charge in [0.2, 0.25) is 0 Å². The van der Waals surface area contributed by atoms with Gasteiger partial charge in [0.25, 0.3) is 5.91 Å². The van der Waals surface area contributed by atoms with E-state index in [0.29, 0.717) is 12.1 Å². The maximum absolute atomic E-state index is 12.1. The third-order valence-corrected chi connectivity index (χ3v) is 3.37. The van der Waals surface area contributed by atoms with Crippen LogP contribution in [0.25, 0.3) is 10.9 Å². The van der Waals surface area contributed by atoms with Crippen molar-refractivity contribution in [3.8, 4) is 0 Å². The lowest BCUT2D eigenvalue weighted by Crippen LogP contribution is -2.26. The minimum Gasteiger partial charge on any atom is -0.361 e. The maximum atomic E-state index is 12.1. The monoisotopic (exact) mass is 268 g/mol. The van der Waals surface area contributed by atoms with Crippen LogP contribution in [0.3, 0.4) is 0 Å². The molecule has 0 atom stereocenters. The van der Waals surface area contributed by atoms with Crippen LogP contribution < -0.4 is 5.32 Å². The van der Waals surface area contributed by atoms with Gasteiger partial charge in [-0.05, 0) is 24.3 Å². The number of nitrogens with one attached hydrogen (secondary N) is 2. The standard InChI is InChI=1S/C15H16N4O/c1-19-9-8-17-14(19)5-7-18-15(20)12-2-3-13-11(10-12)4-6-16-13/h2-4,6,8-10,16H,5,7H2,1H3,(H,18,20). The predicted octanol–water partition coefficient (Wildman–Crippen LogP) is 1.87. The minimum absolute atomic E-state index is 0.0534. The third kappa shape index (κ3) is 2.42. The van der Waals surface area contributed by atoms with Gasteiger partial charge in [-0.25, -0.2) is 4.98 Å². The molecule has 0 aliphatic rings. The Morgan fingerprint density at radius 2 is 2.30 bits per heavy atom. The minimum atomic E-state index is -0.0534. The molecule has 0 unspecified atom stereocenters. The van der Waals surface area contributed by atoms with Gasteiger partial charge in [-0.1, -0.05) is 0 Å². The highest BCUT2D eigenvalue weighted by Crippen LogP contribution is 2.14. The molecule has 0 radical (unpaired) electrons. The molecule has 0 aliphatic carbocycles. The van der Waals surface area contributed by atoms with Gasteiger partial charge in [-0.15, -0.1) is 0 Å². The van der Waals surface area contributed by atoms with E-state index in [9.17, 15) is 4.79 Å². The van der Waals surface area contributed by atoms with Crippen molar-refractivity contribution in [2.24, 2.45) is 7.05 Å². The number of benzene rings is 1. The highest BCUT2D eigenvalue weighted by molar-refractivity contribution is 5.98. The molecule has 1 amide bonds. The van der Waals surface area contributed by atoms with Crippen LogP contribution in [0, 0.1) is 0 Å². The fraction of sp³-hybridized carbons (Fsp3) is 0.200. The summed E-state index contributed by atoms with van der Waals surface area (Å²) in [5.41, 5.74) is 1.71. The van der Waals surface area contributed by atoms with Crippen molar-refractivity contribution in [3.05, 3.63) is 54.2 Å². The van der Waals surface area contributed by atoms with Crippen LogP contribution in [0.15, 0.2) is 42.9 Å². The van der Waals surface area contributed by atoms with E-state index in [0.717, 1.165) is 23.1 Å². The Kier molecular flexibility index (Phi) is 3.25. The fourth-order valence-corrected chi connectivity index (χ4v) is 2.22. The molecule has 102 valence electrons. The number of nitrogens with zero attached hydrogens (tertiary/aromatic N) is 2. The van der Waals surface area contributed by atoms with Crippen molar-refractivity contribution in [3.63, 3.8) is 0 Å². The normalized spacial score (nSPS) is 10.8. The molecule has 5 nitrogen and oxygen atoms in total. The van der Waals surface area contributed by atoms with E-state index in [-0.39, 0.29) is 5.91 Å². The number of amides is 1. The van der Waals surface area contributed by atoms with Crippen LogP contribution >= 0.6 is 0 Å². The quantitative estimate of drug-likeness (QED) is 0.759. The number of hydrogen-bond acceptors (Lipinski definition) is 2. The van der Waals surface area contributed by atoms with Crippen molar-refractivity contribution in [1.82, 2.24) is 19.9 Å². The smallest absolute Gasteiger partial charge is 0.251 e. The summed E-state index contributed by atoms with van der Waals surface area (Å²) in [6.07, 6.45) is 6.25. The largest absolute Gasteiger partial charge is 0.361 e. The van der Waals surface area contributed by atoms with Crippen molar-refractivity contribution in [1.29, 1.82) is 0 Å². The second kappa shape index (κ2) is 5.21. The summed E-state index contributed by atoms with van der Waals surface area (Å²) in [4.78, 5) is 19.4. The molecule has 20 heavy (non-hydrogen) atoms. The van der Waals surface area contributed by atoms with E-state index < -0.39 is 0 Å². The lowest BCUT2D eigenvalue weighted by Gasteiger charge is -2.05. The maximum Gasteiger partial charge on any atom is 0.251 e. The Morgan fingerprint density at radius 1 is 1.40 bits per heavy atom. The molecule has 5 heteroatoms. The first kappa shape index (κ1) is 12.5. The van der Waals surface area contributed by atoms with E-state index in [1.165, 1.54) is 0 Å². The zero-order valence-corrected chi connectivity index (χ0v) is 11.3. The first-order valence-electron chi connectivity index (χ1n) is 6.55. The number of hydrogen-bond donors (Lipinski definition) is 2. The Labute approximate surface area is 116 Å². The van der Waals surface area contributed by atoms with Gasteiger partial charge in [-0.2, -0.15) is 0 Å². The number of H-pyrrole nitrogens is 1. The molecule has 0 spiro atoms. The summed E-state index contributed by atoms with van der Waals surface area (Å²) in [6.45, 7) is 0.578. The van der Waals surface area contributed by atoms with E-state index in [1.54, 1.807) is 6.20 Å². The summed E-state index contributed by atoms with van der Waals surface area (Å²) >= 11 is 0. The van der Waals surface area contributed by atoms with E-state index in [1.807, 2.05) is 48.3 Å². The highest BCUT2D eigenvalue weighted by Gasteiger charge is 2.07. The van der Waals surface area contributed by atoms with Crippen LogP contribution in [0.1, 0.15) is 16.2 Å². The van der Waals surface area contributed by atoms with Gasteiger partial charge in [0.05, 0.1) is 0 Å². The highest BCUT2D eigenvalue weighted by atomic mass is 16.1. The number of imidazole rings is 1. The number of aryl methyl sites for hydroxylation is 1. The summed E-state index contributed by atoms with van der Waals surface area (Å²) in [7, 11) is 1.95. The van der Waals surface area contributed by atoms with Gasteiger partial charge in [-0.3, -0.25) is 4.79 Å². The lowest BCUT2D eigenvalue weighted by molar-refractivity contribution is 0.0954. The van der Waals surface area contributed by atoms with Crippen LogP contribution in [0.2, 0.25) is 0 Å². The van der Waals surface area contributed by atoms with E-state index in [4.69, 9.17) is 0 Å². The van der Waals surface area contributed by atoms with Crippen molar-refractivity contribution < 1.29 is 4.79 Å².